The lowest BCUT2D eigenvalue weighted by molar-refractivity contribution is 0.507. The molecule has 0 nitrogen and oxygen atoms in total. The number of hydrogen-bond donors (Lipinski definition) is 0. The zero-order valence-corrected chi connectivity index (χ0v) is 12.6. The fraction of sp³-hybridized carbons (Fsp3) is 0.294. The molecule has 1 atom stereocenters. The second-order valence-electron chi connectivity index (χ2n) is 5.27. The molecule has 0 radical (unpaired) electrons. The third-order valence-corrected chi connectivity index (χ3v) is 4.96. The Labute approximate surface area is 126 Å². The van der Waals surface area contributed by atoms with Gasteiger partial charge in [-0.15, -0.1) is 0 Å². The van der Waals surface area contributed by atoms with Crippen molar-refractivity contribution in [1.82, 2.24) is 0 Å². The van der Waals surface area contributed by atoms with Crippen LogP contribution in [0.5, 0.6) is 0 Å². The average molecular weight is 337 g/mol. The Balaban J connectivity index is 1.93. The van der Waals surface area contributed by atoms with Gasteiger partial charge in [0.1, 0.15) is 0 Å². The van der Waals surface area contributed by atoms with E-state index in [9.17, 15) is 8.78 Å². The van der Waals surface area contributed by atoms with Gasteiger partial charge in [0, 0.05) is 0 Å². The van der Waals surface area contributed by atoms with Crippen LogP contribution in [0.4, 0.5) is 8.78 Å². The molecule has 0 saturated heterocycles. The van der Waals surface area contributed by atoms with E-state index in [1.54, 1.807) is 6.07 Å². The van der Waals surface area contributed by atoms with Gasteiger partial charge >= 0.3 is 0 Å². The number of hydrogen-bond acceptors (Lipinski definition) is 0. The molecule has 104 valence electrons. The third kappa shape index (κ3) is 2.64. The molecule has 2 aromatic rings. The minimum atomic E-state index is -0.807. The van der Waals surface area contributed by atoms with Crippen molar-refractivity contribution in [2.24, 2.45) is 0 Å². The Morgan fingerprint density at radius 1 is 0.800 bits per heavy atom. The topological polar surface area (TPSA) is 0 Å². The lowest BCUT2D eigenvalue weighted by Gasteiger charge is -2.19. The maximum Gasteiger partial charge on any atom is 0.159 e. The lowest BCUT2D eigenvalue weighted by atomic mass is 9.89. The highest BCUT2D eigenvalue weighted by Gasteiger charge is 2.16. The van der Waals surface area contributed by atoms with Crippen molar-refractivity contribution in [1.29, 1.82) is 0 Å². The maximum atomic E-state index is 13.3. The standard InChI is InChI=1S/C17H15BrF2/c18-17(14-7-8-15(19)16(20)10-14)13-6-5-11-3-1-2-4-12(11)9-13/h5-10,17H,1-4H2. The molecular weight excluding hydrogens is 322 g/mol. The van der Waals surface area contributed by atoms with Gasteiger partial charge in [0.2, 0.25) is 0 Å². The van der Waals surface area contributed by atoms with E-state index in [-0.39, 0.29) is 4.83 Å². The molecule has 0 aliphatic heterocycles. The highest BCUT2D eigenvalue weighted by Crippen LogP contribution is 2.34. The van der Waals surface area contributed by atoms with Crippen LogP contribution < -0.4 is 0 Å². The fourth-order valence-corrected chi connectivity index (χ4v) is 3.34. The van der Waals surface area contributed by atoms with Crippen LogP contribution in [-0.4, -0.2) is 0 Å². The molecule has 0 aromatic heterocycles. The van der Waals surface area contributed by atoms with Crippen LogP contribution in [0.1, 0.15) is 39.9 Å². The molecule has 0 amide bonds. The second kappa shape index (κ2) is 5.65. The van der Waals surface area contributed by atoms with E-state index in [1.165, 1.54) is 36.1 Å². The van der Waals surface area contributed by atoms with Crippen LogP contribution >= 0.6 is 15.9 Å². The van der Waals surface area contributed by atoms with E-state index in [2.05, 4.69) is 34.1 Å². The van der Waals surface area contributed by atoms with Crippen molar-refractivity contribution in [2.45, 2.75) is 30.5 Å². The summed E-state index contributed by atoms with van der Waals surface area (Å²) in [4.78, 5) is -0.107. The SMILES string of the molecule is Fc1ccc(C(Br)c2ccc3c(c2)CCCC3)cc1F. The predicted molar refractivity (Wildman–Crippen MR) is 80.2 cm³/mol. The minimum Gasteiger partial charge on any atom is -0.204 e. The molecule has 1 aliphatic carbocycles. The first-order valence-electron chi connectivity index (χ1n) is 6.86. The lowest BCUT2D eigenvalue weighted by Crippen LogP contribution is -2.04. The summed E-state index contributed by atoms with van der Waals surface area (Å²) in [6.45, 7) is 0. The van der Waals surface area contributed by atoms with Gasteiger partial charge in [-0.2, -0.15) is 0 Å². The number of aryl methyl sites for hydroxylation is 2. The molecule has 0 fully saturated rings. The summed E-state index contributed by atoms with van der Waals surface area (Å²) in [6.07, 6.45) is 4.75. The monoisotopic (exact) mass is 336 g/mol. The normalized spacial score (nSPS) is 15.8. The summed E-state index contributed by atoms with van der Waals surface area (Å²) in [6, 6.07) is 10.5. The number of rotatable bonds is 2. The van der Waals surface area contributed by atoms with Gasteiger partial charge in [-0.3, -0.25) is 0 Å². The Morgan fingerprint density at radius 2 is 1.45 bits per heavy atom. The maximum absolute atomic E-state index is 13.3. The summed E-state index contributed by atoms with van der Waals surface area (Å²) in [7, 11) is 0. The Kier molecular flexibility index (Phi) is 3.88. The predicted octanol–water partition coefficient (Wildman–Crippen LogP) is 5.33. The van der Waals surface area contributed by atoms with Crippen molar-refractivity contribution in [3.63, 3.8) is 0 Å². The Morgan fingerprint density at radius 3 is 2.20 bits per heavy atom. The van der Waals surface area contributed by atoms with Crippen LogP contribution in [0, 0.1) is 11.6 Å². The van der Waals surface area contributed by atoms with Crippen LogP contribution in [0.25, 0.3) is 0 Å². The highest BCUT2D eigenvalue weighted by molar-refractivity contribution is 9.09. The molecular formula is C17H15BrF2. The van der Waals surface area contributed by atoms with Crippen molar-refractivity contribution >= 4 is 15.9 Å². The van der Waals surface area contributed by atoms with Gasteiger partial charge < -0.3 is 0 Å². The van der Waals surface area contributed by atoms with Crippen LogP contribution in [0.3, 0.4) is 0 Å². The summed E-state index contributed by atoms with van der Waals surface area (Å²) in [5.74, 6) is -1.61. The zero-order chi connectivity index (χ0) is 14.1. The van der Waals surface area contributed by atoms with E-state index >= 15 is 0 Å². The number of fused-ring (bicyclic) bond motifs is 1. The largest absolute Gasteiger partial charge is 0.204 e. The first kappa shape index (κ1) is 13.7. The molecule has 0 saturated carbocycles. The quantitative estimate of drug-likeness (QED) is 0.650. The highest BCUT2D eigenvalue weighted by atomic mass is 79.9. The number of halogens is 3. The summed E-state index contributed by atoms with van der Waals surface area (Å²) in [5.41, 5.74) is 4.64. The van der Waals surface area contributed by atoms with Crippen molar-refractivity contribution in [3.05, 3.63) is 70.3 Å². The minimum absolute atomic E-state index is 0.107. The van der Waals surface area contributed by atoms with E-state index < -0.39 is 11.6 Å². The van der Waals surface area contributed by atoms with Gasteiger partial charge in [-0.1, -0.05) is 40.2 Å². The fourth-order valence-electron chi connectivity index (χ4n) is 2.77. The molecule has 0 N–H and O–H groups in total. The molecule has 3 rings (SSSR count). The molecule has 20 heavy (non-hydrogen) atoms. The molecule has 0 bridgehead atoms. The van der Waals surface area contributed by atoms with Crippen LogP contribution in [0.15, 0.2) is 36.4 Å². The number of alkyl halides is 1. The van der Waals surface area contributed by atoms with Gasteiger partial charge in [0.25, 0.3) is 0 Å². The van der Waals surface area contributed by atoms with Gasteiger partial charge in [0.15, 0.2) is 11.6 Å². The molecule has 3 heteroatoms. The van der Waals surface area contributed by atoms with Crippen molar-refractivity contribution in [3.8, 4) is 0 Å². The molecule has 0 heterocycles. The molecule has 0 spiro atoms. The number of benzene rings is 2. The van der Waals surface area contributed by atoms with Crippen LogP contribution in [0.2, 0.25) is 0 Å². The van der Waals surface area contributed by atoms with Crippen molar-refractivity contribution in [2.75, 3.05) is 0 Å². The van der Waals surface area contributed by atoms with Gasteiger partial charge in [-0.25, -0.2) is 8.78 Å². The van der Waals surface area contributed by atoms with E-state index in [0.717, 1.165) is 24.0 Å². The first-order valence-corrected chi connectivity index (χ1v) is 7.77. The Bertz CT molecular complexity index is 637. The summed E-state index contributed by atoms with van der Waals surface area (Å²) in [5, 5.41) is 0. The average Bonchev–Trinajstić information content (AvgIpc) is 2.49. The van der Waals surface area contributed by atoms with Crippen molar-refractivity contribution < 1.29 is 8.78 Å². The summed E-state index contributed by atoms with van der Waals surface area (Å²) < 4.78 is 26.3. The first-order chi connectivity index (χ1) is 9.65. The smallest absolute Gasteiger partial charge is 0.159 e. The molecule has 1 unspecified atom stereocenters. The third-order valence-electron chi connectivity index (χ3n) is 3.90. The Hall–Kier alpha value is -1.22. The van der Waals surface area contributed by atoms with Gasteiger partial charge in [-0.05, 0) is 60.1 Å². The van der Waals surface area contributed by atoms with Gasteiger partial charge in [0.05, 0.1) is 4.83 Å². The molecule has 2 aromatic carbocycles. The second-order valence-corrected chi connectivity index (χ2v) is 6.19. The van der Waals surface area contributed by atoms with Crippen LogP contribution in [-0.2, 0) is 12.8 Å². The van der Waals surface area contributed by atoms with E-state index in [0.29, 0.717) is 0 Å². The molecule has 1 aliphatic rings. The van der Waals surface area contributed by atoms with E-state index in [4.69, 9.17) is 0 Å². The zero-order valence-electron chi connectivity index (χ0n) is 11.0. The van der Waals surface area contributed by atoms with E-state index in [1.807, 2.05) is 0 Å². The summed E-state index contributed by atoms with van der Waals surface area (Å²) >= 11 is 3.59.